The molecular formula is C18H26N2O. The molecule has 1 aromatic carbocycles. The van der Waals surface area contributed by atoms with Crippen molar-refractivity contribution in [3.05, 3.63) is 35.9 Å². The van der Waals surface area contributed by atoms with Gasteiger partial charge in [0.15, 0.2) is 0 Å². The summed E-state index contributed by atoms with van der Waals surface area (Å²) in [4.78, 5) is 14.8. The van der Waals surface area contributed by atoms with Gasteiger partial charge in [0, 0.05) is 31.6 Å². The topological polar surface area (TPSA) is 32.3 Å². The van der Waals surface area contributed by atoms with E-state index < -0.39 is 0 Å². The second-order valence-electron chi connectivity index (χ2n) is 6.49. The average molecular weight is 286 g/mol. The molecule has 114 valence electrons. The van der Waals surface area contributed by atoms with Gasteiger partial charge < -0.3 is 10.2 Å². The van der Waals surface area contributed by atoms with Gasteiger partial charge in [-0.2, -0.15) is 0 Å². The van der Waals surface area contributed by atoms with Gasteiger partial charge in [-0.25, -0.2) is 0 Å². The molecule has 3 rings (SSSR count). The maximum atomic E-state index is 12.7. The van der Waals surface area contributed by atoms with Crippen molar-refractivity contribution in [3.63, 3.8) is 0 Å². The molecule has 2 heterocycles. The summed E-state index contributed by atoms with van der Waals surface area (Å²) < 4.78 is 0. The monoisotopic (exact) mass is 286 g/mol. The van der Waals surface area contributed by atoms with E-state index in [-0.39, 0.29) is 0 Å². The Balaban J connectivity index is 1.62. The van der Waals surface area contributed by atoms with Gasteiger partial charge in [0.25, 0.3) is 0 Å². The Morgan fingerprint density at radius 3 is 2.76 bits per heavy atom. The third-order valence-electron chi connectivity index (χ3n) is 5.06. The molecule has 3 nitrogen and oxygen atoms in total. The summed E-state index contributed by atoms with van der Waals surface area (Å²) in [6.45, 7) is 4.01. The number of hydrogen-bond donors (Lipinski definition) is 1. The van der Waals surface area contributed by atoms with Crippen LogP contribution in [0.3, 0.4) is 0 Å². The molecule has 1 amide bonds. The molecule has 3 atom stereocenters. The van der Waals surface area contributed by atoms with Crippen LogP contribution in [-0.2, 0) is 4.79 Å². The molecule has 2 fully saturated rings. The number of fused-ring (bicyclic) bond motifs is 2. The maximum absolute atomic E-state index is 12.7. The van der Waals surface area contributed by atoms with Crippen molar-refractivity contribution in [1.29, 1.82) is 0 Å². The lowest BCUT2D eigenvalue weighted by molar-refractivity contribution is -0.131. The molecular weight excluding hydrogens is 260 g/mol. The average Bonchev–Trinajstić information content (AvgIpc) is 2.84. The minimum Gasteiger partial charge on any atom is -0.341 e. The fraction of sp³-hybridized carbons (Fsp3) is 0.611. The van der Waals surface area contributed by atoms with Crippen LogP contribution < -0.4 is 5.32 Å². The lowest BCUT2D eigenvalue weighted by Gasteiger charge is -2.26. The van der Waals surface area contributed by atoms with Crippen LogP contribution >= 0.6 is 0 Å². The van der Waals surface area contributed by atoms with E-state index in [4.69, 9.17) is 0 Å². The van der Waals surface area contributed by atoms with Crippen LogP contribution in [0.5, 0.6) is 0 Å². The third-order valence-corrected chi connectivity index (χ3v) is 5.06. The van der Waals surface area contributed by atoms with Crippen molar-refractivity contribution in [2.24, 2.45) is 0 Å². The molecule has 0 saturated carbocycles. The molecule has 3 heteroatoms. The van der Waals surface area contributed by atoms with Gasteiger partial charge in [-0.1, -0.05) is 37.3 Å². The van der Waals surface area contributed by atoms with Gasteiger partial charge >= 0.3 is 0 Å². The SMILES string of the molecule is CCC(CC(=O)N1CCC2CCC(C1)N2)c1ccccc1. The van der Waals surface area contributed by atoms with Crippen molar-refractivity contribution >= 4 is 5.91 Å². The minimum absolute atomic E-state index is 0.333. The highest BCUT2D eigenvalue weighted by atomic mass is 16.2. The number of nitrogens with one attached hydrogen (secondary N) is 1. The van der Waals surface area contributed by atoms with Crippen molar-refractivity contribution < 1.29 is 4.79 Å². The molecule has 21 heavy (non-hydrogen) atoms. The van der Waals surface area contributed by atoms with E-state index >= 15 is 0 Å². The molecule has 1 N–H and O–H groups in total. The zero-order valence-corrected chi connectivity index (χ0v) is 12.9. The minimum atomic E-state index is 0.333. The molecule has 2 aliphatic rings. The molecule has 2 saturated heterocycles. The highest BCUT2D eigenvalue weighted by molar-refractivity contribution is 5.77. The van der Waals surface area contributed by atoms with Crippen LogP contribution in [0.1, 0.15) is 50.5 Å². The third kappa shape index (κ3) is 3.46. The van der Waals surface area contributed by atoms with Crippen LogP contribution in [0.25, 0.3) is 0 Å². The Labute approximate surface area is 127 Å². The maximum Gasteiger partial charge on any atom is 0.223 e. The lowest BCUT2D eigenvalue weighted by Crippen LogP contribution is -2.39. The highest BCUT2D eigenvalue weighted by Crippen LogP contribution is 2.26. The zero-order valence-electron chi connectivity index (χ0n) is 12.9. The molecule has 0 radical (unpaired) electrons. The number of likely N-dealkylation sites (tertiary alicyclic amines) is 1. The summed E-state index contributed by atoms with van der Waals surface area (Å²) in [6, 6.07) is 11.6. The normalized spacial score (nSPS) is 26.4. The summed E-state index contributed by atoms with van der Waals surface area (Å²) in [5, 5.41) is 3.64. The molecule has 0 aromatic heterocycles. The second-order valence-corrected chi connectivity index (χ2v) is 6.49. The number of carbonyl (C=O) groups excluding carboxylic acids is 1. The van der Waals surface area contributed by atoms with Gasteiger partial charge in [-0.05, 0) is 37.2 Å². The van der Waals surface area contributed by atoms with Gasteiger partial charge in [0.1, 0.15) is 0 Å². The zero-order chi connectivity index (χ0) is 14.7. The van der Waals surface area contributed by atoms with Crippen LogP contribution in [0.15, 0.2) is 30.3 Å². The molecule has 2 bridgehead atoms. The Bertz CT molecular complexity index is 473. The number of hydrogen-bond acceptors (Lipinski definition) is 2. The van der Waals surface area contributed by atoms with Crippen molar-refractivity contribution in [2.75, 3.05) is 13.1 Å². The van der Waals surface area contributed by atoms with Gasteiger partial charge in [0.2, 0.25) is 5.91 Å². The second kappa shape index (κ2) is 6.61. The first-order valence-electron chi connectivity index (χ1n) is 8.35. The van der Waals surface area contributed by atoms with E-state index in [1.807, 2.05) is 6.07 Å². The summed E-state index contributed by atoms with van der Waals surface area (Å²) in [6.07, 6.45) is 5.30. The predicted molar refractivity (Wildman–Crippen MR) is 85.2 cm³/mol. The van der Waals surface area contributed by atoms with Gasteiger partial charge in [-0.15, -0.1) is 0 Å². The first-order valence-corrected chi connectivity index (χ1v) is 8.35. The fourth-order valence-corrected chi connectivity index (χ4v) is 3.73. The number of rotatable bonds is 4. The Hall–Kier alpha value is -1.35. The Morgan fingerprint density at radius 1 is 1.24 bits per heavy atom. The lowest BCUT2D eigenvalue weighted by atomic mass is 9.92. The fourth-order valence-electron chi connectivity index (χ4n) is 3.73. The van der Waals surface area contributed by atoms with E-state index in [0.717, 1.165) is 25.9 Å². The van der Waals surface area contributed by atoms with Gasteiger partial charge in [-0.3, -0.25) is 4.79 Å². The van der Waals surface area contributed by atoms with Crippen LogP contribution in [-0.4, -0.2) is 36.0 Å². The first-order chi connectivity index (χ1) is 10.3. The van der Waals surface area contributed by atoms with Crippen LogP contribution in [0.2, 0.25) is 0 Å². The summed E-state index contributed by atoms with van der Waals surface area (Å²) in [5.41, 5.74) is 1.29. The molecule has 3 unspecified atom stereocenters. The predicted octanol–water partition coefficient (Wildman–Crippen LogP) is 2.92. The highest BCUT2D eigenvalue weighted by Gasteiger charge is 2.31. The smallest absolute Gasteiger partial charge is 0.223 e. The first kappa shape index (κ1) is 14.6. The van der Waals surface area contributed by atoms with E-state index in [0.29, 0.717) is 30.3 Å². The summed E-state index contributed by atoms with van der Waals surface area (Å²) in [7, 11) is 0. The van der Waals surface area contributed by atoms with E-state index in [2.05, 4.69) is 41.4 Å². The standard InChI is InChI=1S/C18H26N2O/c1-2-14(15-6-4-3-5-7-15)12-18(21)20-11-10-16-8-9-17(13-20)19-16/h3-7,14,16-17,19H,2,8-13H2,1H3. The van der Waals surface area contributed by atoms with Crippen LogP contribution in [0.4, 0.5) is 0 Å². The Kier molecular flexibility index (Phi) is 4.59. The van der Waals surface area contributed by atoms with E-state index in [1.54, 1.807) is 0 Å². The van der Waals surface area contributed by atoms with Crippen LogP contribution in [0, 0.1) is 0 Å². The molecule has 0 spiro atoms. The number of nitrogens with zero attached hydrogens (tertiary/aromatic N) is 1. The molecule has 2 aliphatic heterocycles. The molecule has 0 aliphatic carbocycles. The van der Waals surface area contributed by atoms with E-state index in [9.17, 15) is 4.79 Å². The number of carbonyl (C=O) groups is 1. The number of benzene rings is 1. The Morgan fingerprint density at radius 2 is 2.00 bits per heavy atom. The molecule has 1 aromatic rings. The van der Waals surface area contributed by atoms with Crippen molar-refractivity contribution in [3.8, 4) is 0 Å². The van der Waals surface area contributed by atoms with Crippen molar-refractivity contribution in [2.45, 2.75) is 57.0 Å². The largest absolute Gasteiger partial charge is 0.341 e. The van der Waals surface area contributed by atoms with Gasteiger partial charge in [0.05, 0.1) is 0 Å². The summed E-state index contributed by atoms with van der Waals surface area (Å²) >= 11 is 0. The van der Waals surface area contributed by atoms with Crippen molar-refractivity contribution in [1.82, 2.24) is 10.2 Å². The summed E-state index contributed by atoms with van der Waals surface area (Å²) in [5.74, 6) is 0.687. The van der Waals surface area contributed by atoms with E-state index in [1.165, 1.54) is 18.4 Å². The number of amides is 1. The quantitative estimate of drug-likeness (QED) is 0.923.